The van der Waals surface area contributed by atoms with E-state index in [1.165, 1.54) is 29.1 Å². The minimum absolute atomic E-state index is 0.0843. The minimum Gasteiger partial charge on any atom is -0.383 e. The number of aromatic amines is 1. The number of anilines is 2. The number of fused-ring (bicyclic) bond motifs is 1. The summed E-state index contributed by atoms with van der Waals surface area (Å²) in [7, 11) is 0. The highest BCUT2D eigenvalue weighted by atomic mass is 19.4. The molecule has 0 bridgehead atoms. The van der Waals surface area contributed by atoms with Gasteiger partial charge in [-0.1, -0.05) is 0 Å². The molecular weight excluding hydrogens is 513 g/mol. The summed E-state index contributed by atoms with van der Waals surface area (Å²) in [4.78, 5) is 32.5. The predicted molar refractivity (Wildman–Crippen MR) is 130 cm³/mol. The number of nitrogen functional groups attached to an aromatic ring is 1. The lowest BCUT2D eigenvalue weighted by Crippen LogP contribution is -2.27. The smallest absolute Gasteiger partial charge is 0.383 e. The summed E-state index contributed by atoms with van der Waals surface area (Å²) in [5, 5.41) is 7.46. The molecule has 0 saturated heterocycles. The third kappa shape index (κ3) is 5.19. The first-order chi connectivity index (χ1) is 17.9. The van der Waals surface area contributed by atoms with Gasteiger partial charge in [-0.25, -0.2) is 23.8 Å². The zero-order valence-electron chi connectivity index (χ0n) is 20.2. The molecule has 200 valence electrons. The van der Waals surface area contributed by atoms with Crippen LogP contribution in [0, 0.1) is 18.6 Å². The van der Waals surface area contributed by atoms with Gasteiger partial charge in [-0.3, -0.25) is 9.59 Å². The summed E-state index contributed by atoms with van der Waals surface area (Å²) < 4.78 is 70.8. The number of rotatable bonds is 7. The van der Waals surface area contributed by atoms with Crippen molar-refractivity contribution in [1.29, 1.82) is 0 Å². The van der Waals surface area contributed by atoms with Gasteiger partial charge >= 0.3 is 6.18 Å². The van der Waals surface area contributed by atoms with Crippen LogP contribution in [0.3, 0.4) is 0 Å². The van der Waals surface area contributed by atoms with E-state index in [4.69, 9.17) is 5.73 Å². The van der Waals surface area contributed by atoms with Crippen molar-refractivity contribution in [2.45, 2.75) is 45.5 Å². The van der Waals surface area contributed by atoms with Crippen molar-refractivity contribution < 1.29 is 22.0 Å². The SMILES string of the molecule is Cc1cnc(-c2cc3ccn(CCC[C@H](C)Nc4cn[nH]c(=O)c4C(F)(F)F)c(=O)c3c(F)c2F)nc1N. The number of nitrogens with one attached hydrogen (secondary N) is 2. The van der Waals surface area contributed by atoms with Gasteiger partial charge in [0.05, 0.1) is 22.8 Å². The van der Waals surface area contributed by atoms with Crippen LogP contribution in [-0.4, -0.2) is 30.8 Å². The first kappa shape index (κ1) is 26.7. The molecule has 38 heavy (non-hydrogen) atoms. The maximum Gasteiger partial charge on any atom is 0.423 e. The molecule has 0 fully saturated rings. The second-order valence-electron chi connectivity index (χ2n) is 8.77. The number of hydrogen-bond acceptors (Lipinski definition) is 7. The van der Waals surface area contributed by atoms with Crippen LogP contribution in [0.5, 0.6) is 0 Å². The van der Waals surface area contributed by atoms with E-state index in [2.05, 4.69) is 20.4 Å². The Bertz CT molecular complexity index is 1630. The molecule has 1 atom stereocenters. The summed E-state index contributed by atoms with van der Waals surface area (Å²) in [5.74, 6) is -2.66. The van der Waals surface area contributed by atoms with Gasteiger partial charge in [-0.05, 0) is 44.2 Å². The molecule has 0 aliphatic carbocycles. The zero-order chi connectivity index (χ0) is 27.8. The molecule has 0 saturated carbocycles. The average Bonchev–Trinajstić information content (AvgIpc) is 2.83. The summed E-state index contributed by atoms with van der Waals surface area (Å²) >= 11 is 0. The lowest BCUT2D eigenvalue weighted by atomic mass is 10.1. The first-order valence-electron chi connectivity index (χ1n) is 11.4. The molecule has 1 aromatic carbocycles. The van der Waals surface area contributed by atoms with Gasteiger partial charge in [0.15, 0.2) is 17.5 Å². The normalized spacial score (nSPS) is 12.6. The Morgan fingerprint density at radius 2 is 1.92 bits per heavy atom. The molecular formula is C24H22F5N7O2. The largest absolute Gasteiger partial charge is 0.423 e. The number of hydrogen-bond donors (Lipinski definition) is 3. The molecule has 3 heterocycles. The van der Waals surface area contributed by atoms with Gasteiger partial charge < -0.3 is 15.6 Å². The average molecular weight is 535 g/mol. The summed E-state index contributed by atoms with van der Waals surface area (Å²) in [6, 6.07) is 2.18. The molecule has 3 aromatic heterocycles. The van der Waals surface area contributed by atoms with Gasteiger partial charge in [0.2, 0.25) is 0 Å². The number of aryl methyl sites for hydroxylation is 2. The Kier molecular flexibility index (Phi) is 7.16. The molecule has 0 aliphatic rings. The molecule has 4 aromatic rings. The number of pyridine rings is 1. The van der Waals surface area contributed by atoms with Crippen molar-refractivity contribution >= 4 is 22.3 Å². The van der Waals surface area contributed by atoms with Crippen molar-refractivity contribution in [2.75, 3.05) is 11.1 Å². The lowest BCUT2D eigenvalue weighted by molar-refractivity contribution is -0.138. The molecule has 0 aliphatic heterocycles. The van der Waals surface area contributed by atoms with E-state index in [1.54, 1.807) is 18.9 Å². The Labute approximate surface area is 211 Å². The maximum atomic E-state index is 15.0. The Hall–Kier alpha value is -4.36. The number of H-pyrrole nitrogens is 1. The quantitative estimate of drug-likeness (QED) is 0.305. The van der Waals surface area contributed by atoms with Gasteiger partial charge in [0.25, 0.3) is 11.1 Å². The van der Waals surface area contributed by atoms with Crippen LogP contribution in [-0.2, 0) is 12.7 Å². The van der Waals surface area contributed by atoms with E-state index in [9.17, 15) is 27.2 Å². The third-order valence-corrected chi connectivity index (χ3v) is 5.98. The number of nitrogens with zero attached hydrogens (tertiary/aromatic N) is 4. The Balaban J connectivity index is 1.53. The maximum absolute atomic E-state index is 15.0. The highest BCUT2D eigenvalue weighted by Crippen LogP contribution is 2.32. The second kappa shape index (κ2) is 10.2. The van der Waals surface area contributed by atoms with Crippen LogP contribution in [0.15, 0.2) is 40.3 Å². The summed E-state index contributed by atoms with van der Waals surface area (Å²) in [6.45, 7) is 3.34. The number of nitrogens with two attached hydrogens (primary N) is 1. The number of benzene rings is 1. The molecule has 0 spiro atoms. The van der Waals surface area contributed by atoms with Crippen LogP contribution in [0.1, 0.15) is 30.9 Å². The molecule has 9 nitrogen and oxygen atoms in total. The van der Waals surface area contributed by atoms with Crippen molar-refractivity contribution in [3.63, 3.8) is 0 Å². The summed E-state index contributed by atoms with van der Waals surface area (Å²) in [6.07, 6.45) is -0.628. The fourth-order valence-corrected chi connectivity index (χ4v) is 3.99. The highest BCUT2D eigenvalue weighted by molar-refractivity contribution is 5.86. The van der Waals surface area contributed by atoms with Crippen LogP contribution in [0.4, 0.5) is 33.5 Å². The monoisotopic (exact) mass is 535 g/mol. The van der Waals surface area contributed by atoms with Crippen LogP contribution in [0.25, 0.3) is 22.2 Å². The van der Waals surface area contributed by atoms with Gasteiger partial charge in [0.1, 0.15) is 11.4 Å². The van der Waals surface area contributed by atoms with Crippen LogP contribution < -0.4 is 22.2 Å². The zero-order valence-corrected chi connectivity index (χ0v) is 20.2. The van der Waals surface area contributed by atoms with Crippen molar-refractivity contribution in [1.82, 2.24) is 24.7 Å². The Morgan fingerprint density at radius 3 is 2.61 bits per heavy atom. The van der Waals surface area contributed by atoms with E-state index in [0.717, 1.165) is 6.20 Å². The topological polar surface area (TPSA) is 132 Å². The fourth-order valence-electron chi connectivity index (χ4n) is 3.99. The van der Waals surface area contributed by atoms with E-state index in [-0.39, 0.29) is 35.6 Å². The molecule has 0 radical (unpaired) electrons. The first-order valence-corrected chi connectivity index (χ1v) is 11.4. The molecule has 4 rings (SSSR count). The van der Waals surface area contributed by atoms with E-state index < -0.39 is 51.6 Å². The lowest BCUT2D eigenvalue weighted by Gasteiger charge is -2.18. The third-order valence-electron chi connectivity index (χ3n) is 5.98. The molecule has 14 heteroatoms. The number of alkyl halides is 3. The van der Waals surface area contributed by atoms with Gasteiger partial charge in [-0.2, -0.15) is 18.3 Å². The van der Waals surface area contributed by atoms with E-state index in [0.29, 0.717) is 12.0 Å². The second-order valence-corrected chi connectivity index (χ2v) is 8.77. The Morgan fingerprint density at radius 1 is 1.18 bits per heavy atom. The van der Waals surface area contributed by atoms with Crippen molar-refractivity contribution in [3.8, 4) is 11.4 Å². The van der Waals surface area contributed by atoms with Gasteiger partial charge in [-0.15, -0.1) is 0 Å². The van der Waals surface area contributed by atoms with Crippen molar-refractivity contribution in [3.05, 3.63) is 74.2 Å². The molecule has 0 amide bonds. The van der Waals surface area contributed by atoms with Crippen LogP contribution >= 0.6 is 0 Å². The number of halogens is 5. The standard InChI is InChI=1S/C24H22F5N7O2/c1-11-9-31-21(34-20(11)30)14-8-13-5-7-36(23(38)16(13)19(26)18(14)25)6-3-4-12(2)33-15-10-32-35-22(37)17(15)24(27,28)29/h5,7-10,12H,3-4,6H2,1-2H3,(H2,30,31,34)(H2,33,35,37)/t12-/m0/s1. The van der Waals surface area contributed by atoms with Crippen LogP contribution in [0.2, 0.25) is 0 Å². The van der Waals surface area contributed by atoms with E-state index >= 15 is 4.39 Å². The fraction of sp³-hybridized carbons (Fsp3) is 0.292. The minimum atomic E-state index is -4.88. The summed E-state index contributed by atoms with van der Waals surface area (Å²) in [5.41, 5.74) is 2.08. The molecule has 4 N–H and O–H groups in total. The van der Waals surface area contributed by atoms with E-state index in [1.807, 2.05) is 0 Å². The number of aromatic nitrogens is 5. The van der Waals surface area contributed by atoms with Crippen molar-refractivity contribution in [2.24, 2.45) is 0 Å². The van der Waals surface area contributed by atoms with Gasteiger partial charge in [0, 0.05) is 30.5 Å². The highest BCUT2D eigenvalue weighted by Gasteiger charge is 2.37. The molecule has 0 unspecified atom stereocenters. The predicted octanol–water partition coefficient (Wildman–Crippen LogP) is 4.01.